The predicted octanol–water partition coefficient (Wildman–Crippen LogP) is -0.144. The van der Waals surface area contributed by atoms with Gasteiger partial charge >= 0.3 is 0 Å². The molecule has 1 unspecified atom stereocenters. The molecular weight excluding hydrogens is 116 g/mol. The van der Waals surface area contributed by atoms with E-state index in [0.717, 1.165) is 0 Å². The molecule has 0 saturated heterocycles. The van der Waals surface area contributed by atoms with Crippen molar-refractivity contribution in [2.75, 3.05) is 6.54 Å². The minimum Gasteiger partial charge on any atom is -0.390 e. The van der Waals surface area contributed by atoms with E-state index < -0.39 is 11.5 Å². The van der Waals surface area contributed by atoms with Gasteiger partial charge in [0, 0.05) is 6.54 Å². The van der Waals surface area contributed by atoms with E-state index in [1.165, 1.54) is 0 Å². The van der Waals surface area contributed by atoms with E-state index in [1.54, 1.807) is 13.8 Å². The summed E-state index contributed by atoms with van der Waals surface area (Å²) in [5.74, 6) is 0. The number of aliphatic hydroxyl groups is 1. The van der Waals surface area contributed by atoms with Crippen LogP contribution in [0.5, 0.6) is 0 Å². The van der Waals surface area contributed by atoms with E-state index in [2.05, 4.69) is 0 Å². The Bertz CT molecular complexity index is 126. The summed E-state index contributed by atoms with van der Waals surface area (Å²) in [6.45, 7) is 3.45. The number of aliphatic hydroxyl groups excluding tert-OH is 1. The zero-order valence-corrected chi connectivity index (χ0v) is 5.76. The highest BCUT2D eigenvalue weighted by Crippen LogP contribution is 2.17. The summed E-state index contributed by atoms with van der Waals surface area (Å²) in [7, 11) is 0. The number of hydrogen-bond acceptors (Lipinski definition) is 3. The Balaban J connectivity index is 4.01. The van der Waals surface area contributed by atoms with Crippen molar-refractivity contribution in [2.24, 2.45) is 11.1 Å². The second-order valence-electron chi connectivity index (χ2n) is 2.58. The lowest BCUT2D eigenvalue weighted by molar-refractivity contribution is 0.0945. The van der Waals surface area contributed by atoms with Gasteiger partial charge in [0.25, 0.3) is 0 Å². The number of rotatable bonds is 2. The quantitative estimate of drug-likeness (QED) is 0.543. The summed E-state index contributed by atoms with van der Waals surface area (Å²) in [6, 6.07) is 1.96. The molecule has 0 aromatic carbocycles. The fraction of sp³-hybridized carbons (Fsp3) is 0.833. The lowest BCUT2D eigenvalue weighted by Crippen LogP contribution is -2.34. The van der Waals surface area contributed by atoms with Gasteiger partial charge in [0.2, 0.25) is 0 Å². The Morgan fingerprint density at radius 2 is 2.22 bits per heavy atom. The molecule has 9 heavy (non-hydrogen) atoms. The highest BCUT2D eigenvalue weighted by Gasteiger charge is 2.25. The maximum Gasteiger partial charge on any atom is 0.0842 e. The second kappa shape index (κ2) is 2.81. The van der Waals surface area contributed by atoms with Crippen molar-refractivity contribution in [3.8, 4) is 6.07 Å². The van der Waals surface area contributed by atoms with Crippen molar-refractivity contribution >= 4 is 0 Å². The van der Waals surface area contributed by atoms with Gasteiger partial charge in [-0.1, -0.05) is 0 Å². The molecule has 0 aromatic heterocycles. The van der Waals surface area contributed by atoms with Crippen LogP contribution >= 0.6 is 0 Å². The van der Waals surface area contributed by atoms with Crippen LogP contribution in [-0.4, -0.2) is 17.8 Å². The van der Waals surface area contributed by atoms with Crippen LogP contribution in [0.25, 0.3) is 0 Å². The molecule has 0 aliphatic carbocycles. The SMILES string of the molecule is CC(C)(C#N)C(O)CN. The molecule has 1 atom stereocenters. The van der Waals surface area contributed by atoms with Crippen LogP contribution in [-0.2, 0) is 0 Å². The zero-order chi connectivity index (χ0) is 7.49. The Labute approximate surface area is 55.1 Å². The van der Waals surface area contributed by atoms with Crippen molar-refractivity contribution in [3.05, 3.63) is 0 Å². The number of nitrogens with zero attached hydrogens (tertiary/aromatic N) is 1. The van der Waals surface area contributed by atoms with Gasteiger partial charge in [-0.2, -0.15) is 5.26 Å². The molecule has 0 rings (SSSR count). The molecule has 3 N–H and O–H groups in total. The van der Waals surface area contributed by atoms with Gasteiger partial charge in [-0.15, -0.1) is 0 Å². The van der Waals surface area contributed by atoms with Crippen LogP contribution < -0.4 is 5.73 Å². The molecule has 0 aromatic rings. The molecule has 0 saturated carbocycles. The van der Waals surface area contributed by atoms with E-state index >= 15 is 0 Å². The van der Waals surface area contributed by atoms with Gasteiger partial charge in [0.05, 0.1) is 17.6 Å². The summed E-state index contributed by atoms with van der Waals surface area (Å²) >= 11 is 0. The van der Waals surface area contributed by atoms with Crippen molar-refractivity contribution in [3.63, 3.8) is 0 Å². The van der Waals surface area contributed by atoms with Crippen molar-refractivity contribution in [2.45, 2.75) is 20.0 Å². The molecule has 0 aliphatic rings. The van der Waals surface area contributed by atoms with Crippen molar-refractivity contribution in [1.82, 2.24) is 0 Å². The number of hydrogen-bond donors (Lipinski definition) is 2. The lowest BCUT2D eigenvalue weighted by atomic mass is 9.89. The third-order valence-corrected chi connectivity index (χ3v) is 1.34. The highest BCUT2D eigenvalue weighted by atomic mass is 16.3. The maximum atomic E-state index is 9.04. The maximum absolute atomic E-state index is 9.04. The molecule has 3 nitrogen and oxygen atoms in total. The minimum atomic E-state index is -0.720. The Hall–Kier alpha value is -0.590. The largest absolute Gasteiger partial charge is 0.390 e. The first-order chi connectivity index (χ1) is 4.04. The van der Waals surface area contributed by atoms with Gasteiger partial charge in [-0.3, -0.25) is 0 Å². The first-order valence-corrected chi connectivity index (χ1v) is 2.84. The van der Waals surface area contributed by atoms with Crippen LogP contribution in [0.15, 0.2) is 0 Å². The fourth-order valence-electron chi connectivity index (χ4n) is 0.369. The van der Waals surface area contributed by atoms with Gasteiger partial charge in [0.1, 0.15) is 0 Å². The Morgan fingerprint density at radius 1 is 1.78 bits per heavy atom. The summed E-state index contributed by atoms with van der Waals surface area (Å²) in [6.07, 6.45) is -0.720. The number of nitriles is 1. The average molecular weight is 128 g/mol. The van der Waals surface area contributed by atoms with Gasteiger partial charge in [-0.25, -0.2) is 0 Å². The second-order valence-corrected chi connectivity index (χ2v) is 2.58. The van der Waals surface area contributed by atoms with Crippen LogP contribution in [0, 0.1) is 16.7 Å². The molecule has 0 radical (unpaired) electrons. The topological polar surface area (TPSA) is 70.0 Å². The van der Waals surface area contributed by atoms with Gasteiger partial charge in [-0.05, 0) is 13.8 Å². The molecule has 0 aliphatic heterocycles. The standard InChI is InChI=1S/C6H12N2O/c1-6(2,4-8)5(9)3-7/h5,9H,3,7H2,1-2H3. The summed E-state index contributed by atoms with van der Waals surface area (Å²) in [5.41, 5.74) is 4.42. The summed E-state index contributed by atoms with van der Waals surface area (Å²) in [4.78, 5) is 0. The van der Waals surface area contributed by atoms with Crippen LogP contribution in [0.3, 0.4) is 0 Å². The molecule has 0 spiro atoms. The summed E-state index contributed by atoms with van der Waals surface area (Å²) < 4.78 is 0. The molecule has 0 amide bonds. The highest BCUT2D eigenvalue weighted by molar-refractivity contribution is 4.97. The van der Waals surface area contributed by atoms with E-state index in [9.17, 15) is 0 Å². The Kier molecular flexibility index (Phi) is 2.63. The van der Waals surface area contributed by atoms with Crippen LogP contribution in [0.2, 0.25) is 0 Å². The number of nitrogens with two attached hydrogens (primary N) is 1. The van der Waals surface area contributed by atoms with Crippen molar-refractivity contribution < 1.29 is 5.11 Å². The average Bonchev–Trinajstić information content (AvgIpc) is 1.86. The summed E-state index contributed by atoms with van der Waals surface area (Å²) in [5, 5.41) is 17.5. The lowest BCUT2D eigenvalue weighted by Gasteiger charge is -2.20. The van der Waals surface area contributed by atoms with Gasteiger partial charge in [0.15, 0.2) is 0 Å². The molecule has 0 bridgehead atoms. The molecule has 3 heteroatoms. The van der Waals surface area contributed by atoms with Crippen molar-refractivity contribution in [1.29, 1.82) is 5.26 Å². The predicted molar refractivity (Wildman–Crippen MR) is 34.5 cm³/mol. The molecular formula is C6H12N2O. The first kappa shape index (κ1) is 8.41. The van der Waals surface area contributed by atoms with Gasteiger partial charge < -0.3 is 10.8 Å². The molecule has 0 fully saturated rings. The van der Waals surface area contributed by atoms with E-state index in [1.807, 2.05) is 6.07 Å². The Morgan fingerprint density at radius 3 is 2.33 bits per heavy atom. The smallest absolute Gasteiger partial charge is 0.0842 e. The van der Waals surface area contributed by atoms with E-state index in [-0.39, 0.29) is 6.54 Å². The molecule has 0 heterocycles. The monoisotopic (exact) mass is 128 g/mol. The first-order valence-electron chi connectivity index (χ1n) is 2.84. The normalized spacial score (nSPS) is 14.6. The van der Waals surface area contributed by atoms with Crippen LogP contribution in [0.1, 0.15) is 13.8 Å². The molecule has 52 valence electrons. The third-order valence-electron chi connectivity index (χ3n) is 1.34. The van der Waals surface area contributed by atoms with E-state index in [0.29, 0.717) is 0 Å². The van der Waals surface area contributed by atoms with E-state index in [4.69, 9.17) is 16.1 Å². The zero-order valence-electron chi connectivity index (χ0n) is 5.76. The minimum absolute atomic E-state index is 0.139. The third kappa shape index (κ3) is 2.00. The van der Waals surface area contributed by atoms with Crippen LogP contribution in [0.4, 0.5) is 0 Å². The fourth-order valence-corrected chi connectivity index (χ4v) is 0.369.